The molecule has 1 N–H and O–H groups in total. The number of aromatic nitrogens is 4. The van der Waals surface area contributed by atoms with E-state index < -0.39 is 6.08 Å². The molecule has 3 aromatic rings. The number of nitrogens with zero attached hydrogens (tertiary/aromatic N) is 4. The number of ether oxygens (including phenoxy) is 1. The van der Waals surface area contributed by atoms with Crippen molar-refractivity contribution >= 4 is 38.6 Å². The molecule has 3 heterocycles. The maximum Gasteiger partial charge on any atom is 0.312 e. The summed E-state index contributed by atoms with van der Waals surface area (Å²) < 4.78 is 22.4. The van der Waals surface area contributed by atoms with Crippen molar-refractivity contribution in [3.05, 3.63) is 41.1 Å². The van der Waals surface area contributed by atoms with E-state index in [4.69, 9.17) is 4.74 Å². The molecule has 0 spiro atoms. The number of anilines is 2. The lowest BCUT2D eigenvalue weighted by Gasteiger charge is -2.23. The molecule has 2 aromatic heterocycles. The molecule has 1 unspecified atom stereocenters. The molecule has 24 heavy (non-hydrogen) atoms. The van der Waals surface area contributed by atoms with Gasteiger partial charge in [-0.1, -0.05) is 22.0 Å². The van der Waals surface area contributed by atoms with Crippen LogP contribution in [0.5, 0.6) is 0 Å². The molecule has 1 fully saturated rings. The Balaban J connectivity index is 1.74. The van der Waals surface area contributed by atoms with Gasteiger partial charge in [-0.3, -0.25) is 4.57 Å². The summed E-state index contributed by atoms with van der Waals surface area (Å²) in [5.41, 5.74) is 1.74. The van der Waals surface area contributed by atoms with Crippen LogP contribution in [-0.4, -0.2) is 26.1 Å². The summed E-state index contributed by atoms with van der Waals surface area (Å²) >= 11 is 3.41. The number of hydrogen-bond donors (Lipinski definition) is 1. The SMILES string of the molecule is Fc1nc(Nc2cccc(Br)c2)c2ncn(C3CCCCO3)c2n1. The van der Waals surface area contributed by atoms with Gasteiger partial charge in [0, 0.05) is 16.8 Å². The largest absolute Gasteiger partial charge is 0.358 e. The van der Waals surface area contributed by atoms with Crippen molar-refractivity contribution in [1.82, 2.24) is 19.5 Å². The summed E-state index contributed by atoms with van der Waals surface area (Å²) in [5.74, 6) is 0.338. The molecular formula is C16H15BrFN5O. The quantitative estimate of drug-likeness (QED) is 0.678. The van der Waals surface area contributed by atoms with Gasteiger partial charge < -0.3 is 10.1 Å². The van der Waals surface area contributed by atoms with E-state index >= 15 is 0 Å². The molecule has 0 bridgehead atoms. The minimum Gasteiger partial charge on any atom is -0.358 e. The van der Waals surface area contributed by atoms with Crippen LogP contribution < -0.4 is 5.32 Å². The van der Waals surface area contributed by atoms with Crippen molar-refractivity contribution in [3.8, 4) is 0 Å². The first kappa shape index (κ1) is 15.5. The zero-order chi connectivity index (χ0) is 16.5. The monoisotopic (exact) mass is 391 g/mol. The van der Waals surface area contributed by atoms with Crippen LogP contribution in [0.2, 0.25) is 0 Å². The molecule has 1 saturated heterocycles. The van der Waals surface area contributed by atoms with Gasteiger partial charge in [-0.15, -0.1) is 0 Å². The van der Waals surface area contributed by atoms with Crippen molar-refractivity contribution in [2.45, 2.75) is 25.5 Å². The highest BCUT2D eigenvalue weighted by Gasteiger charge is 2.21. The van der Waals surface area contributed by atoms with Gasteiger partial charge in [-0.05, 0) is 37.5 Å². The topological polar surface area (TPSA) is 64.9 Å². The second-order valence-electron chi connectivity index (χ2n) is 5.62. The van der Waals surface area contributed by atoms with Gasteiger partial charge in [0.2, 0.25) is 0 Å². The van der Waals surface area contributed by atoms with Gasteiger partial charge >= 0.3 is 6.08 Å². The van der Waals surface area contributed by atoms with E-state index in [1.54, 1.807) is 10.9 Å². The van der Waals surface area contributed by atoms with E-state index in [1.165, 1.54) is 0 Å². The van der Waals surface area contributed by atoms with Crippen molar-refractivity contribution in [2.75, 3.05) is 11.9 Å². The number of halogens is 2. The highest BCUT2D eigenvalue weighted by atomic mass is 79.9. The first-order valence-electron chi connectivity index (χ1n) is 7.75. The standard InChI is InChI=1S/C16H15BrFN5O/c17-10-4-3-5-11(8-10)20-14-13-15(22-16(18)21-14)23(9-19-13)12-6-1-2-7-24-12/h3-5,8-9,12H,1-2,6-7H2,(H,20,21,22). The molecule has 4 rings (SSSR count). The molecule has 1 aliphatic heterocycles. The lowest BCUT2D eigenvalue weighted by Crippen LogP contribution is -2.18. The van der Waals surface area contributed by atoms with Crippen molar-refractivity contribution < 1.29 is 9.13 Å². The Morgan fingerprint density at radius 2 is 2.21 bits per heavy atom. The highest BCUT2D eigenvalue weighted by Crippen LogP contribution is 2.29. The molecule has 1 atom stereocenters. The van der Waals surface area contributed by atoms with Gasteiger partial charge in [0.25, 0.3) is 0 Å². The summed E-state index contributed by atoms with van der Waals surface area (Å²) in [7, 11) is 0. The second kappa shape index (κ2) is 6.45. The van der Waals surface area contributed by atoms with E-state index in [1.807, 2.05) is 24.3 Å². The minimum atomic E-state index is -0.794. The first-order chi connectivity index (χ1) is 11.7. The Kier molecular flexibility index (Phi) is 4.15. The summed E-state index contributed by atoms with van der Waals surface area (Å²) in [5, 5.41) is 3.11. The average Bonchev–Trinajstić information content (AvgIpc) is 2.99. The van der Waals surface area contributed by atoms with Crippen LogP contribution in [0.25, 0.3) is 11.2 Å². The molecular weight excluding hydrogens is 377 g/mol. The van der Waals surface area contributed by atoms with Gasteiger partial charge in [-0.25, -0.2) is 4.98 Å². The van der Waals surface area contributed by atoms with Crippen LogP contribution >= 0.6 is 15.9 Å². The summed E-state index contributed by atoms with van der Waals surface area (Å²) in [6.45, 7) is 0.695. The van der Waals surface area contributed by atoms with Crippen LogP contribution in [0.1, 0.15) is 25.5 Å². The molecule has 8 heteroatoms. The molecule has 6 nitrogen and oxygen atoms in total. The third kappa shape index (κ3) is 2.99. The van der Waals surface area contributed by atoms with E-state index in [9.17, 15) is 4.39 Å². The smallest absolute Gasteiger partial charge is 0.312 e. The Labute approximate surface area is 146 Å². The third-order valence-electron chi connectivity index (χ3n) is 3.95. The Morgan fingerprint density at radius 1 is 1.29 bits per heavy atom. The van der Waals surface area contributed by atoms with Crippen LogP contribution in [-0.2, 0) is 4.74 Å². The second-order valence-corrected chi connectivity index (χ2v) is 6.54. The molecule has 0 aliphatic carbocycles. The summed E-state index contributed by atoms with van der Waals surface area (Å²) in [4.78, 5) is 12.2. The maximum atomic E-state index is 14.0. The van der Waals surface area contributed by atoms with E-state index in [-0.39, 0.29) is 6.23 Å². The predicted molar refractivity (Wildman–Crippen MR) is 91.5 cm³/mol. The minimum absolute atomic E-state index is 0.156. The fraction of sp³-hybridized carbons (Fsp3) is 0.312. The summed E-state index contributed by atoms with van der Waals surface area (Å²) in [6.07, 6.45) is 3.67. The average molecular weight is 392 g/mol. The van der Waals surface area contributed by atoms with Crippen molar-refractivity contribution in [3.63, 3.8) is 0 Å². The Hall–Kier alpha value is -2.06. The predicted octanol–water partition coefficient (Wildman–Crippen LogP) is 4.17. The van der Waals surface area contributed by atoms with E-state index in [0.717, 1.165) is 29.4 Å². The maximum absolute atomic E-state index is 14.0. The number of rotatable bonds is 3. The number of fused-ring (bicyclic) bond motifs is 1. The van der Waals surface area contributed by atoms with Gasteiger partial charge in [-0.2, -0.15) is 14.4 Å². The number of imidazole rings is 1. The molecule has 1 aromatic carbocycles. The van der Waals surface area contributed by atoms with Crippen LogP contribution in [0.15, 0.2) is 35.1 Å². The molecule has 0 amide bonds. The molecule has 124 valence electrons. The van der Waals surface area contributed by atoms with Crippen molar-refractivity contribution in [2.24, 2.45) is 0 Å². The van der Waals surface area contributed by atoms with E-state index in [2.05, 4.69) is 36.2 Å². The fourth-order valence-electron chi connectivity index (χ4n) is 2.83. The zero-order valence-corrected chi connectivity index (χ0v) is 14.3. The van der Waals surface area contributed by atoms with Crippen LogP contribution in [0.4, 0.5) is 15.9 Å². The molecule has 1 aliphatic rings. The zero-order valence-electron chi connectivity index (χ0n) is 12.7. The van der Waals surface area contributed by atoms with Gasteiger partial charge in [0.1, 0.15) is 6.23 Å². The lowest BCUT2D eigenvalue weighted by molar-refractivity contribution is -0.0298. The lowest BCUT2D eigenvalue weighted by atomic mass is 10.2. The first-order valence-corrected chi connectivity index (χ1v) is 8.54. The van der Waals surface area contributed by atoms with Crippen LogP contribution in [0.3, 0.4) is 0 Å². The van der Waals surface area contributed by atoms with E-state index in [0.29, 0.717) is 23.6 Å². The van der Waals surface area contributed by atoms with Crippen LogP contribution in [0, 0.1) is 6.08 Å². The fourth-order valence-corrected chi connectivity index (χ4v) is 3.23. The molecule has 0 radical (unpaired) electrons. The molecule has 0 saturated carbocycles. The number of hydrogen-bond acceptors (Lipinski definition) is 5. The summed E-state index contributed by atoms with van der Waals surface area (Å²) in [6, 6.07) is 7.55. The highest BCUT2D eigenvalue weighted by molar-refractivity contribution is 9.10. The van der Waals surface area contributed by atoms with Crippen molar-refractivity contribution in [1.29, 1.82) is 0 Å². The Morgan fingerprint density at radius 3 is 3.00 bits per heavy atom. The normalized spacial score (nSPS) is 18.0. The Bertz CT molecular complexity index is 878. The van der Waals surface area contributed by atoms with Gasteiger partial charge in [0.15, 0.2) is 17.0 Å². The number of benzene rings is 1. The van der Waals surface area contributed by atoms with Gasteiger partial charge in [0.05, 0.1) is 6.33 Å². The third-order valence-corrected chi connectivity index (χ3v) is 4.44. The number of nitrogens with one attached hydrogen (secondary N) is 1.